The van der Waals surface area contributed by atoms with Crippen molar-refractivity contribution >= 4 is 5.65 Å². The lowest BCUT2D eigenvalue weighted by Crippen LogP contribution is -2.05. The van der Waals surface area contributed by atoms with Crippen molar-refractivity contribution in [2.24, 2.45) is 0 Å². The highest BCUT2D eigenvalue weighted by molar-refractivity contribution is 5.44. The molecule has 0 bridgehead atoms. The van der Waals surface area contributed by atoms with Gasteiger partial charge in [0.1, 0.15) is 5.75 Å². The summed E-state index contributed by atoms with van der Waals surface area (Å²) in [7, 11) is 0. The second kappa shape index (κ2) is 5.57. The van der Waals surface area contributed by atoms with Crippen LogP contribution >= 0.6 is 0 Å². The van der Waals surface area contributed by atoms with Crippen LogP contribution in [-0.2, 0) is 12.8 Å². The van der Waals surface area contributed by atoms with E-state index in [0.717, 1.165) is 29.5 Å². The Morgan fingerprint density at radius 1 is 1.04 bits per heavy atom. The topological polar surface area (TPSA) is 52.3 Å². The molecule has 0 saturated carbocycles. The molecule has 0 amide bonds. The number of benzene rings is 1. The fourth-order valence-corrected chi connectivity index (χ4v) is 2.93. The zero-order valence-electron chi connectivity index (χ0n) is 12.2. The summed E-state index contributed by atoms with van der Waals surface area (Å²) in [6.07, 6.45) is 1.57. The third-order valence-corrected chi connectivity index (χ3v) is 4.03. The molecule has 7 heteroatoms. The molecule has 5 nitrogen and oxygen atoms in total. The van der Waals surface area contributed by atoms with Crippen LogP contribution in [0.2, 0.25) is 0 Å². The number of hydrogen-bond acceptors (Lipinski definition) is 4. The molecule has 2 heterocycles. The molecule has 3 aromatic rings. The van der Waals surface area contributed by atoms with E-state index in [4.69, 9.17) is 4.74 Å². The zero-order chi connectivity index (χ0) is 15.8. The molecular formula is C16H14F2N4O. The Kier molecular flexibility index (Phi) is 3.40. The molecule has 0 atom stereocenters. The number of fused-ring (bicyclic) bond motifs is 2. The van der Waals surface area contributed by atoms with Gasteiger partial charge in [0, 0.05) is 6.07 Å². The Labute approximate surface area is 130 Å². The van der Waals surface area contributed by atoms with Crippen LogP contribution < -0.4 is 4.74 Å². The molecule has 0 radical (unpaired) electrons. The molecule has 0 unspecified atom stereocenters. The molecule has 0 spiro atoms. The lowest BCUT2D eigenvalue weighted by molar-refractivity contribution is 0.137. The van der Waals surface area contributed by atoms with Gasteiger partial charge >= 0.3 is 0 Å². The third-order valence-electron chi connectivity index (χ3n) is 4.03. The summed E-state index contributed by atoms with van der Waals surface area (Å²) in [5, 5.41) is 11.2. The molecule has 0 fully saturated rings. The monoisotopic (exact) mass is 316 g/mol. The van der Waals surface area contributed by atoms with Gasteiger partial charge in [0.2, 0.25) is 11.7 Å². The summed E-state index contributed by atoms with van der Waals surface area (Å²) in [4.78, 5) is 0. The first-order valence-corrected chi connectivity index (χ1v) is 7.51. The van der Waals surface area contributed by atoms with Crippen LogP contribution in [0.5, 0.6) is 11.6 Å². The first-order valence-electron chi connectivity index (χ1n) is 7.51. The van der Waals surface area contributed by atoms with E-state index >= 15 is 0 Å². The number of ether oxygens (including phenoxy) is 1. The van der Waals surface area contributed by atoms with E-state index in [1.165, 1.54) is 17.5 Å². The van der Waals surface area contributed by atoms with Crippen LogP contribution in [0.4, 0.5) is 8.78 Å². The highest BCUT2D eigenvalue weighted by atomic mass is 19.3. The minimum atomic E-state index is -2.74. The second-order valence-electron chi connectivity index (χ2n) is 5.50. The molecule has 1 aliphatic carbocycles. The van der Waals surface area contributed by atoms with E-state index in [1.54, 1.807) is 12.1 Å². The fraction of sp³-hybridized carbons (Fsp3) is 0.312. The van der Waals surface area contributed by atoms with Crippen LogP contribution in [0.25, 0.3) is 5.65 Å². The minimum absolute atomic E-state index is 0.248. The number of rotatable bonds is 3. The average molecular weight is 316 g/mol. The quantitative estimate of drug-likeness (QED) is 0.739. The van der Waals surface area contributed by atoms with E-state index < -0.39 is 12.2 Å². The van der Waals surface area contributed by atoms with E-state index in [9.17, 15) is 8.78 Å². The van der Waals surface area contributed by atoms with Crippen molar-refractivity contribution in [3.8, 4) is 11.6 Å². The van der Waals surface area contributed by atoms with E-state index in [-0.39, 0.29) is 11.5 Å². The van der Waals surface area contributed by atoms with Gasteiger partial charge in [-0.15, -0.1) is 15.3 Å². The molecule has 1 aromatic carbocycles. The van der Waals surface area contributed by atoms with Crippen molar-refractivity contribution in [2.75, 3.05) is 0 Å². The number of hydrogen-bond donors (Lipinski definition) is 0. The molecule has 0 saturated heterocycles. The smallest absolute Gasteiger partial charge is 0.299 e. The van der Waals surface area contributed by atoms with Crippen LogP contribution in [0.3, 0.4) is 0 Å². The number of aryl methyl sites for hydroxylation is 1. The van der Waals surface area contributed by atoms with Crippen LogP contribution in [-0.4, -0.2) is 19.8 Å². The molecule has 0 aliphatic heterocycles. The van der Waals surface area contributed by atoms with E-state index in [1.807, 2.05) is 12.1 Å². The van der Waals surface area contributed by atoms with Gasteiger partial charge in [-0.25, -0.2) is 8.78 Å². The average Bonchev–Trinajstić information content (AvgIpc) is 2.99. The first kappa shape index (κ1) is 14.0. The van der Waals surface area contributed by atoms with Crippen molar-refractivity contribution < 1.29 is 13.5 Å². The maximum absolute atomic E-state index is 12.9. The maximum Gasteiger partial charge on any atom is 0.299 e. The second-order valence-corrected chi connectivity index (χ2v) is 5.50. The van der Waals surface area contributed by atoms with E-state index in [0.29, 0.717) is 0 Å². The maximum atomic E-state index is 12.9. The molecule has 2 aromatic heterocycles. The number of alkyl halides is 2. The predicted octanol–water partition coefficient (Wildman–Crippen LogP) is 3.73. The highest BCUT2D eigenvalue weighted by Gasteiger charge is 2.18. The summed E-state index contributed by atoms with van der Waals surface area (Å²) < 4.78 is 32.7. The van der Waals surface area contributed by atoms with Gasteiger partial charge in [0.05, 0.1) is 0 Å². The van der Waals surface area contributed by atoms with Crippen molar-refractivity contribution in [1.82, 2.24) is 19.8 Å². The van der Waals surface area contributed by atoms with Crippen molar-refractivity contribution in [3.05, 3.63) is 47.3 Å². The summed E-state index contributed by atoms with van der Waals surface area (Å²) in [5.41, 5.74) is 2.73. The van der Waals surface area contributed by atoms with E-state index in [2.05, 4.69) is 21.4 Å². The van der Waals surface area contributed by atoms with Gasteiger partial charge in [0.15, 0.2) is 5.65 Å². The molecule has 23 heavy (non-hydrogen) atoms. The SMILES string of the molecule is FC(F)c1nnc2ccc(Oc3cccc4c3CCCC4)nn12. The largest absolute Gasteiger partial charge is 0.437 e. The minimum Gasteiger partial charge on any atom is -0.437 e. The van der Waals surface area contributed by atoms with Gasteiger partial charge in [-0.2, -0.15) is 4.52 Å². The van der Waals surface area contributed by atoms with Gasteiger partial charge < -0.3 is 4.74 Å². The lowest BCUT2D eigenvalue weighted by Gasteiger charge is -2.18. The number of halogens is 2. The third kappa shape index (κ3) is 2.52. The van der Waals surface area contributed by atoms with Gasteiger partial charge in [-0.3, -0.25) is 0 Å². The van der Waals surface area contributed by atoms with Crippen molar-refractivity contribution in [1.29, 1.82) is 0 Å². The van der Waals surface area contributed by atoms with Crippen molar-refractivity contribution in [2.45, 2.75) is 32.1 Å². The Morgan fingerprint density at radius 3 is 2.78 bits per heavy atom. The molecule has 118 valence electrons. The highest BCUT2D eigenvalue weighted by Crippen LogP contribution is 2.32. The lowest BCUT2D eigenvalue weighted by atomic mass is 9.91. The molecule has 1 aliphatic rings. The normalized spacial score (nSPS) is 14.2. The predicted molar refractivity (Wildman–Crippen MR) is 78.9 cm³/mol. The summed E-state index contributed by atoms with van der Waals surface area (Å²) in [6, 6.07) is 9.11. The Balaban J connectivity index is 1.72. The van der Waals surface area contributed by atoms with Gasteiger partial charge in [0.25, 0.3) is 6.43 Å². The first-order chi connectivity index (χ1) is 11.2. The van der Waals surface area contributed by atoms with Gasteiger partial charge in [-0.05, 0) is 48.9 Å². The summed E-state index contributed by atoms with van der Waals surface area (Å²) in [6.45, 7) is 0. The summed E-state index contributed by atoms with van der Waals surface area (Å²) in [5.74, 6) is 0.499. The van der Waals surface area contributed by atoms with Crippen molar-refractivity contribution in [3.63, 3.8) is 0 Å². The van der Waals surface area contributed by atoms with Gasteiger partial charge in [-0.1, -0.05) is 12.1 Å². The Hall–Kier alpha value is -2.57. The summed E-state index contributed by atoms with van der Waals surface area (Å²) >= 11 is 0. The van der Waals surface area contributed by atoms with Crippen LogP contribution in [0, 0.1) is 0 Å². The molecule has 4 rings (SSSR count). The zero-order valence-corrected chi connectivity index (χ0v) is 12.2. The Morgan fingerprint density at radius 2 is 1.91 bits per heavy atom. The van der Waals surface area contributed by atoms with Crippen LogP contribution in [0.1, 0.15) is 36.2 Å². The number of nitrogens with zero attached hydrogens (tertiary/aromatic N) is 4. The Bertz CT molecular complexity index is 862. The van der Waals surface area contributed by atoms with Crippen LogP contribution in [0.15, 0.2) is 30.3 Å². The fourth-order valence-electron chi connectivity index (χ4n) is 2.93. The number of aromatic nitrogens is 4. The molecule has 0 N–H and O–H groups in total. The molecular weight excluding hydrogens is 302 g/mol. The standard InChI is InChI=1S/C16H14F2N4O/c17-15(18)16-20-19-13-8-9-14(21-22(13)16)23-12-7-3-5-10-4-1-2-6-11(10)12/h3,5,7-9,15H,1-2,4,6H2.